The summed E-state index contributed by atoms with van der Waals surface area (Å²) in [6, 6.07) is 5.90. The van der Waals surface area contributed by atoms with E-state index >= 15 is 0 Å². The zero-order chi connectivity index (χ0) is 15.3. The fourth-order valence-electron chi connectivity index (χ4n) is 2.75. The predicted molar refractivity (Wildman–Crippen MR) is 78.0 cm³/mol. The van der Waals surface area contributed by atoms with Gasteiger partial charge in [0.25, 0.3) is 0 Å². The summed E-state index contributed by atoms with van der Waals surface area (Å²) in [6.07, 6.45) is -0.844. The molecule has 0 aliphatic carbocycles. The average molecular weight is 300 g/mol. The van der Waals surface area contributed by atoms with Crippen LogP contribution >= 0.6 is 0 Å². The Kier molecular flexibility index (Phi) is 5.65. The van der Waals surface area contributed by atoms with Crippen molar-refractivity contribution in [3.05, 3.63) is 35.4 Å². The standard InChI is InChI=1S/C16H23F3N2/c1-2-9-21-10-7-15(8-11-21)20-12-13-3-5-14(6-4-13)16(17,18)19/h3-6,15,20H,2,7-12H2,1H3. The van der Waals surface area contributed by atoms with E-state index in [-0.39, 0.29) is 0 Å². The molecule has 2 nitrogen and oxygen atoms in total. The highest BCUT2D eigenvalue weighted by Crippen LogP contribution is 2.29. The van der Waals surface area contributed by atoms with Crippen LogP contribution in [-0.4, -0.2) is 30.6 Å². The van der Waals surface area contributed by atoms with Crippen molar-refractivity contribution < 1.29 is 13.2 Å². The van der Waals surface area contributed by atoms with Crippen LogP contribution < -0.4 is 5.32 Å². The lowest BCUT2D eigenvalue weighted by Crippen LogP contribution is -2.42. The van der Waals surface area contributed by atoms with E-state index in [4.69, 9.17) is 0 Å². The van der Waals surface area contributed by atoms with Crippen LogP contribution in [0, 0.1) is 0 Å². The molecule has 0 aromatic heterocycles. The number of piperidine rings is 1. The van der Waals surface area contributed by atoms with E-state index in [9.17, 15) is 13.2 Å². The molecule has 0 saturated carbocycles. The summed E-state index contributed by atoms with van der Waals surface area (Å²) in [5, 5.41) is 3.45. The fourth-order valence-corrected chi connectivity index (χ4v) is 2.75. The summed E-state index contributed by atoms with van der Waals surface area (Å²) in [7, 11) is 0. The van der Waals surface area contributed by atoms with Crippen LogP contribution in [0.1, 0.15) is 37.3 Å². The molecule has 0 radical (unpaired) electrons. The number of rotatable bonds is 5. The van der Waals surface area contributed by atoms with E-state index in [1.807, 2.05) is 0 Å². The molecular weight excluding hydrogens is 277 g/mol. The number of likely N-dealkylation sites (tertiary alicyclic amines) is 1. The maximum atomic E-state index is 12.5. The Balaban J connectivity index is 1.76. The van der Waals surface area contributed by atoms with Crippen molar-refractivity contribution in [2.45, 2.75) is 44.9 Å². The normalized spacial score (nSPS) is 18.1. The second kappa shape index (κ2) is 7.27. The minimum absolute atomic E-state index is 0.473. The predicted octanol–water partition coefficient (Wildman–Crippen LogP) is 3.67. The molecule has 1 heterocycles. The molecule has 0 spiro atoms. The number of nitrogens with zero attached hydrogens (tertiary/aromatic N) is 1. The van der Waals surface area contributed by atoms with Crippen LogP contribution in [0.15, 0.2) is 24.3 Å². The summed E-state index contributed by atoms with van der Waals surface area (Å²) in [4.78, 5) is 2.47. The van der Waals surface area contributed by atoms with Crippen LogP contribution in [0.4, 0.5) is 13.2 Å². The van der Waals surface area contributed by atoms with E-state index in [1.165, 1.54) is 6.42 Å². The van der Waals surface area contributed by atoms with Crippen molar-refractivity contribution in [3.8, 4) is 0 Å². The molecule has 21 heavy (non-hydrogen) atoms. The number of alkyl halides is 3. The van der Waals surface area contributed by atoms with E-state index < -0.39 is 11.7 Å². The van der Waals surface area contributed by atoms with Gasteiger partial charge in [-0.1, -0.05) is 19.1 Å². The summed E-state index contributed by atoms with van der Waals surface area (Å²) in [5.74, 6) is 0. The number of nitrogens with one attached hydrogen (secondary N) is 1. The van der Waals surface area contributed by atoms with Gasteiger partial charge in [0.2, 0.25) is 0 Å². The van der Waals surface area contributed by atoms with E-state index in [0.29, 0.717) is 12.6 Å². The van der Waals surface area contributed by atoms with Gasteiger partial charge in [0.1, 0.15) is 0 Å². The first kappa shape index (κ1) is 16.3. The Labute approximate surface area is 124 Å². The smallest absolute Gasteiger partial charge is 0.310 e. The zero-order valence-corrected chi connectivity index (χ0v) is 12.4. The molecule has 1 aliphatic heterocycles. The Morgan fingerprint density at radius 3 is 2.29 bits per heavy atom. The van der Waals surface area contributed by atoms with Crippen LogP contribution in [0.2, 0.25) is 0 Å². The van der Waals surface area contributed by atoms with Gasteiger partial charge in [-0.25, -0.2) is 0 Å². The van der Waals surface area contributed by atoms with Crippen molar-refractivity contribution in [1.29, 1.82) is 0 Å². The molecule has 2 rings (SSSR count). The summed E-state index contributed by atoms with van der Waals surface area (Å²) in [5.41, 5.74) is 0.318. The summed E-state index contributed by atoms with van der Waals surface area (Å²) < 4.78 is 37.4. The minimum atomic E-state index is -4.25. The third-order valence-electron chi connectivity index (χ3n) is 4.00. The number of hydrogen-bond acceptors (Lipinski definition) is 2. The zero-order valence-electron chi connectivity index (χ0n) is 12.4. The molecule has 1 aromatic rings. The molecule has 5 heteroatoms. The Bertz CT molecular complexity index is 420. The Morgan fingerprint density at radius 2 is 1.76 bits per heavy atom. The first-order valence-corrected chi connectivity index (χ1v) is 7.61. The monoisotopic (exact) mass is 300 g/mol. The molecule has 0 amide bonds. The fraction of sp³-hybridized carbons (Fsp3) is 0.625. The van der Waals surface area contributed by atoms with Crippen LogP contribution in [-0.2, 0) is 12.7 Å². The molecule has 1 N–H and O–H groups in total. The first-order valence-electron chi connectivity index (χ1n) is 7.61. The highest BCUT2D eigenvalue weighted by molar-refractivity contribution is 5.24. The van der Waals surface area contributed by atoms with Gasteiger partial charge in [0, 0.05) is 12.6 Å². The van der Waals surface area contributed by atoms with Crippen molar-refractivity contribution in [2.24, 2.45) is 0 Å². The topological polar surface area (TPSA) is 15.3 Å². The van der Waals surface area contributed by atoms with Crippen molar-refractivity contribution in [2.75, 3.05) is 19.6 Å². The summed E-state index contributed by atoms with van der Waals surface area (Å²) in [6.45, 7) is 6.20. The third-order valence-corrected chi connectivity index (χ3v) is 4.00. The molecule has 0 unspecified atom stereocenters. The molecule has 0 bridgehead atoms. The maximum Gasteiger partial charge on any atom is 0.416 e. The molecule has 1 aromatic carbocycles. The molecule has 1 aliphatic rings. The Hall–Kier alpha value is -1.07. The van der Waals surface area contributed by atoms with E-state index in [0.717, 1.165) is 50.2 Å². The SMILES string of the molecule is CCCN1CCC(NCc2ccc(C(F)(F)F)cc2)CC1. The number of hydrogen-bond donors (Lipinski definition) is 1. The highest BCUT2D eigenvalue weighted by atomic mass is 19.4. The van der Waals surface area contributed by atoms with E-state index in [2.05, 4.69) is 17.1 Å². The van der Waals surface area contributed by atoms with Gasteiger partial charge in [-0.2, -0.15) is 13.2 Å². The number of halogens is 3. The maximum absolute atomic E-state index is 12.5. The van der Waals surface area contributed by atoms with Gasteiger partial charge in [-0.15, -0.1) is 0 Å². The van der Waals surface area contributed by atoms with E-state index in [1.54, 1.807) is 12.1 Å². The highest BCUT2D eigenvalue weighted by Gasteiger charge is 2.29. The van der Waals surface area contributed by atoms with Gasteiger partial charge < -0.3 is 10.2 Å². The quantitative estimate of drug-likeness (QED) is 0.892. The molecule has 118 valence electrons. The van der Waals surface area contributed by atoms with Crippen LogP contribution in [0.3, 0.4) is 0 Å². The second-order valence-electron chi connectivity index (χ2n) is 5.69. The third kappa shape index (κ3) is 5.00. The van der Waals surface area contributed by atoms with Crippen LogP contribution in [0.25, 0.3) is 0 Å². The van der Waals surface area contributed by atoms with Gasteiger partial charge in [-0.3, -0.25) is 0 Å². The number of benzene rings is 1. The first-order chi connectivity index (χ1) is 9.99. The molecule has 0 atom stereocenters. The van der Waals surface area contributed by atoms with Gasteiger partial charge in [0.15, 0.2) is 0 Å². The lowest BCUT2D eigenvalue weighted by Gasteiger charge is -2.32. The van der Waals surface area contributed by atoms with Gasteiger partial charge >= 0.3 is 6.18 Å². The Morgan fingerprint density at radius 1 is 1.14 bits per heavy atom. The summed E-state index contributed by atoms with van der Waals surface area (Å²) >= 11 is 0. The van der Waals surface area contributed by atoms with Gasteiger partial charge in [0.05, 0.1) is 5.56 Å². The largest absolute Gasteiger partial charge is 0.416 e. The van der Waals surface area contributed by atoms with Gasteiger partial charge in [-0.05, 0) is 56.6 Å². The van der Waals surface area contributed by atoms with Crippen molar-refractivity contribution in [1.82, 2.24) is 10.2 Å². The van der Waals surface area contributed by atoms with Crippen molar-refractivity contribution in [3.63, 3.8) is 0 Å². The average Bonchev–Trinajstić information content (AvgIpc) is 2.46. The second-order valence-corrected chi connectivity index (χ2v) is 5.69. The molecule has 1 fully saturated rings. The van der Waals surface area contributed by atoms with Crippen molar-refractivity contribution >= 4 is 0 Å². The molecular formula is C16H23F3N2. The van der Waals surface area contributed by atoms with Crippen LogP contribution in [0.5, 0.6) is 0 Å². The lowest BCUT2D eigenvalue weighted by molar-refractivity contribution is -0.137. The lowest BCUT2D eigenvalue weighted by atomic mass is 10.0. The minimum Gasteiger partial charge on any atom is -0.310 e. The molecule has 1 saturated heterocycles.